The first-order chi connectivity index (χ1) is 8.45. The number of hydrogen-bond donors (Lipinski definition) is 2. The lowest BCUT2D eigenvalue weighted by Crippen LogP contribution is -2.32. The number of rotatable bonds is 4. The second-order valence-electron chi connectivity index (χ2n) is 3.85. The number of halogens is 1. The van der Waals surface area contributed by atoms with Crippen LogP contribution in [0.5, 0.6) is 0 Å². The van der Waals surface area contributed by atoms with Crippen LogP contribution in [0.3, 0.4) is 0 Å². The fourth-order valence-electron chi connectivity index (χ4n) is 1.40. The van der Waals surface area contributed by atoms with Crippen molar-refractivity contribution in [3.8, 4) is 0 Å². The Morgan fingerprint density at radius 3 is 2.61 bits per heavy atom. The fraction of sp³-hybridized carbons (Fsp3) is 0.333. The third kappa shape index (κ3) is 3.44. The number of carbonyl (C=O) groups is 2. The van der Waals surface area contributed by atoms with Crippen LogP contribution in [0.15, 0.2) is 18.2 Å². The molecule has 0 heterocycles. The van der Waals surface area contributed by atoms with E-state index in [0.29, 0.717) is 6.54 Å². The van der Waals surface area contributed by atoms with Crippen LogP contribution >= 0.6 is 0 Å². The Balaban J connectivity index is 2.79. The van der Waals surface area contributed by atoms with E-state index < -0.39 is 17.8 Å². The van der Waals surface area contributed by atoms with E-state index >= 15 is 0 Å². The highest BCUT2D eigenvalue weighted by Gasteiger charge is 2.12. The predicted molar refractivity (Wildman–Crippen MR) is 65.3 cm³/mol. The first-order valence-corrected chi connectivity index (χ1v) is 5.50. The first kappa shape index (κ1) is 14.0. The first-order valence-electron chi connectivity index (χ1n) is 5.50. The van der Waals surface area contributed by atoms with Crippen LogP contribution in [0, 0.1) is 5.82 Å². The zero-order valence-corrected chi connectivity index (χ0v) is 10.2. The third-order valence-corrected chi connectivity index (χ3v) is 2.36. The van der Waals surface area contributed by atoms with Gasteiger partial charge in [-0.2, -0.15) is 0 Å². The molecule has 18 heavy (non-hydrogen) atoms. The van der Waals surface area contributed by atoms with Gasteiger partial charge < -0.3 is 15.3 Å². The summed E-state index contributed by atoms with van der Waals surface area (Å²) in [7, 11) is 1.60. The second-order valence-corrected chi connectivity index (χ2v) is 3.85. The Morgan fingerprint density at radius 1 is 1.44 bits per heavy atom. The molecule has 0 fully saturated rings. The number of amides is 2. The van der Waals surface area contributed by atoms with Crippen molar-refractivity contribution in [1.29, 1.82) is 0 Å². The number of aromatic carboxylic acids is 1. The smallest absolute Gasteiger partial charge is 0.335 e. The van der Waals surface area contributed by atoms with Gasteiger partial charge in [-0.05, 0) is 24.6 Å². The van der Waals surface area contributed by atoms with Crippen molar-refractivity contribution in [2.45, 2.75) is 13.3 Å². The number of urea groups is 1. The number of anilines is 1. The lowest BCUT2D eigenvalue weighted by Gasteiger charge is -2.17. The molecule has 0 bridgehead atoms. The van der Waals surface area contributed by atoms with Crippen molar-refractivity contribution in [3.05, 3.63) is 29.6 Å². The van der Waals surface area contributed by atoms with Gasteiger partial charge in [-0.1, -0.05) is 6.92 Å². The van der Waals surface area contributed by atoms with Crippen molar-refractivity contribution < 1.29 is 19.1 Å². The molecular weight excluding hydrogens is 239 g/mol. The summed E-state index contributed by atoms with van der Waals surface area (Å²) in [6.07, 6.45) is 0.796. The van der Waals surface area contributed by atoms with E-state index in [-0.39, 0.29) is 11.3 Å². The largest absolute Gasteiger partial charge is 0.478 e. The molecule has 0 spiro atoms. The maximum Gasteiger partial charge on any atom is 0.335 e. The molecule has 2 amide bonds. The number of carbonyl (C=O) groups excluding carboxylic acids is 1. The molecule has 0 atom stereocenters. The average Bonchev–Trinajstić information content (AvgIpc) is 2.31. The van der Waals surface area contributed by atoms with Crippen LogP contribution in [0.1, 0.15) is 23.7 Å². The molecule has 0 aromatic heterocycles. The Labute approximate surface area is 104 Å². The molecule has 0 aliphatic carbocycles. The van der Waals surface area contributed by atoms with E-state index in [2.05, 4.69) is 5.32 Å². The van der Waals surface area contributed by atoms with Crippen LogP contribution in [-0.4, -0.2) is 35.6 Å². The molecule has 0 saturated heterocycles. The lowest BCUT2D eigenvalue weighted by molar-refractivity contribution is 0.0696. The molecule has 2 N–H and O–H groups in total. The molecule has 0 aliphatic rings. The van der Waals surface area contributed by atoms with Crippen molar-refractivity contribution in [2.24, 2.45) is 0 Å². The Kier molecular flexibility index (Phi) is 4.65. The van der Waals surface area contributed by atoms with Gasteiger partial charge in [-0.3, -0.25) is 0 Å². The van der Waals surface area contributed by atoms with Crippen LogP contribution < -0.4 is 5.32 Å². The topological polar surface area (TPSA) is 69.6 Å². The van der Waals surface area contributed by atoms with E-state index in [1.807, 2.05) is 6.92 Å². The van der Waals surface area contributed by atoms with Gasteiger partial charge in [0.15, 0.2) is 0 Å². The van der Waals surface area contributed by atoms with Gasteiger partial charge in [0.1, 0.15) is 5.82 Å². The second kappa shape index (κ2) is 6.00. The predicted octanol–water partition coefficient (Wildman–Crippen LogP) is 2.40. The number of carboxylic acids is 1. The molecule has 0 aliphatic heterocycles. The monoisotopic (exact) mass is 254 g/mol. The van der Waals surface area contributed by atoms with E-state index in [1.165, 1.54) is 17.0 Å². The van der Waals surface area contributed by atoms with E-state index in [1.54, 1.807) is 7.05 Å². The molecule has 5 nitrogen and oxygen atoms in total. The molecule has 0 radical (unpaired) electrons. The average molecular weight is 254 g/mol. The van der Waals surface area contributed by atoms with Gasteiger partial charge in [0.25, 0.3) is 0 Å². The molecule has 98 valence electrons. The summed E-state index contributed by atoms with van der Waals surface area (Å²) in [5.74, 6) is -1.98. The highest BCUT2D eigenvalue weighted by molar-refractivity contribution is 5.91. The standard InChI is InChI=1S/C12H15FN2O3/c1-3-6-15(2)12(18)14-10-5-4-8(11(16)17)7-9(10)13/h4-5,7H,3,6H2,1-2H3,(H,14,18)(H,16,17). The van der Waals surface area contributed by atoms with E-state index in [4.69, 9.17) is 5.11 Å². The van der Waals surface area contributed by atoms with Crippen molar-refractivity contribution in [1.82, 2.24) is 4.90 Å². The summed E-state index contributed by atoms with van der Waals surface area (Å²) >= 11 is 0. The van der Waals surface area contributed by atoms with Gasteiger partial charge in [-0.25, -0.2) is 14.0 Å². The summed E-state index contributed by atoms with van der Waals surface area (Å²) in [6, 6.07) is 2.91. The molecule has 0 saturated carbocycles. The number of hydrogen-bond acceptors (Lipinski definition) is 2. The number of nitrogens with zero attached hydrogens (tertiary/aromatic N) is 1. The highest BCUT2D eigenvalue weighted by Crippen LogP contribution is 2.16. The quantitative estimate of drug-likeness (QED) is 0.866. The summed E-state index contributed by atoms with van der Waals surface area (Å²) in [5, 5.41) is 11.1. The van der Waals surface area contributed by atoms with Crippen molar-refractivity contribution >= 4 is 17.7 Å². The normalized spacial score (nSPS) is 9.94. The molecule has 1 rings (SSSR count). The number of benzene rings is 1. The minimum atomic E-state index is -1.21. The molecule has 1 aromatic rings. The zero-order valence-electron chi connectivity index (χ0n) is 10.2. The van der Waals surface area contributed by atoms with Crippen LogP contribution in [0.2, 0.25) is 0 Å². The van der Waals surface area contributed by atoms with E-state index in [9.17, 15) is 14.0 Å². The van der Waals surface area contributed by atoms with Gasteiger partial charge in [-0.15, -0.1) is 0 Å². The van der Waals surface area contributed by atoms with Crippen LogP contribution in [0.4, 0.5) is 14.9 Å². The molecule has 1 aromatic carbocycles. The maximum absolute atomic E-state index is 13.5. The van der Waals surface area contributed by atoms with Crippen LogP contribution in [0.25, 0.3) is 0 Å². The zero-order chi connectivity index (χ0) is 13.7. The Bertz CT molecular complexity index is 463. The number of carboxylic acid groups (broad SMARTS) is 1. The minimum Gasteiger partial charge on any atom is -0.478 e. The van der Waals surface area contributed by atoms with E-state index in [0.717, 1.165) is 12.5 Å². The van der Waals surface area contributed by atoms with Gasteiger partial charge >= 0.3 is 12.0 Å². The fourth-order valence-corrected chi connectivity index (χ4v) is 1.40. The summed E-state index contributed by atoms with van der Waals surface area (Å²) in [5.41, 5.74) is -0.194. The van der Waals surface area contributed by atoms with Gasteiger partial charge in [0.05, 0.1) is 11.3 Å². The van der Waals surface area contributed by atoms with Crippen molar-refractivity contribution in [3.63, 3.8) is 0 Å². The maximum atomic E-state index is 13.5. The van der Waals surface area contributed by atoms with Crippen molar-refractivity contribution in [2.75, 3.05) is 18.9 Å². The van der Waals surface area contributed by atoms with Crippen LogP contribution in [-0.2, 0) is 0 Å². The highest BCUT2D eigenvalue weighted by atomic mass is 19.1. The van der Waals surface area contributed by atoms with Gasteiger partial charge in [0.2, 0.25) is 0 Å². The third-order valence-electron chi connectivity index (χ3n) is 2.36. The Morgan fingerprint density at radius 2 is 2.11 bits per heavy atom. The molecule has 6 heteroatoms. The molecular formula is C12H15FN2O3. The van der Waals surface area contributed by atoms with Gasteiger partial charge in [0, 0.05) is 13.6 Å². The Hall–Kier alpha value is -2.11. The summed E-state index contributed by atoms with van der Waals surface area (Å²) < 4.78 is 13.5. The molecule has 0 unspecified atom stereocenters. The summed E-state index contributed by atoms with van der Waals surface area (Å²) in [6.45, 7) is 2.48. The summed E-state index contributed by atoms with van der Waals surface area (Å²) in [4.78, 5) is 23.6. The minimum absolute atomic E-state index is 0.0343. The number of nitrogens with one attached hydrogen (secondary N) is 1. The SMILES string of the molecule is CCCN(C)C(=O)Nc1ccc(C(=O)O)cc1F. The lowest BCUT2D eigenvalue weighted by atomic mass is 10.2.